The minimum absolute atomic E-state index is 0.576. The lowest BCUT2D eigenvalue weighted by Crippen LogP contribution is -2.26. The van der Waals surface area contributed by atoms with Gasteiger partial charge >= 0.3 is 0 Å². The van der Waals surface area contributed by atoms with Gasteiger partial charge in [0.15, 0.2) is 0 Å². The zero-order chi connectivity index (χ0) is 12.1. The van der Waals surface area contributed by atoms with E-state index in [2.05, 4.69) is 31.2 Å². The summed E-state index contributed by atoms with van der Waals surface area (Å²) in [4.78, 5) is 0. The number of hydrogen-bond donors (Lipinski definition) is 1. The molecule has 0 radical (unpaired) electrons. The number of aromatic nitrogens is 2. The molecule has 0 aliphatic carbocycles. The van der Waals surface area contributed by atoms with E-state index < -0.39 is 0 Å². The summed E-state index contributed by atoms with van der Waals surface area (Å²) in [6.45, 7) is 8.77. The van der Waals surface area contributed by atoms with Crippen molar-refractivity contribution in [2.75, 3.05) is 13.1 Å². The van der Waals surface area contributed by atoms with E-state index in [4.69, 9.17) is 11.6 Å². The molecule has 0 aliphatic heterocycles. The van der Waals surface area contributed by atoms with Gasteiger partial charge in [-0.2, -0.15) is 5.10 Å². The number of aryl methyl sites for hydroxylation is 1. The standard InChI is InChI=1S/C12H22ClN3/c1-9(2)6-14-7-10(3)5-12-11(13)8-15-16(12)4/h8-10,14H,5-7H2,1-4H3. The van der Waals surface area contributed by atoms with E-state index in [0.717, 1.165) is 30.2 Å². The van der Waals surface area contributed by atoms with E-state index in [1.807, 2.05) is 11.7 Å². The molecule has 0 fully saturated rings. The van der Waals surface area contributed by atoms with Crippen LogP contribution in [0.2, 0.25) is 5.02 Å². The minimum Gasteiger partial charge on any atom is -0.316 e. The molecular weight excluding hydrogens is 222 g/mol. The third-order valence-corrected chi connectivity index (χ3v) is 2.91. The van der Waals surface area contributed by atoms with Crippen LogP contribution >= 0.6 is 11.6 Å². The summed E-state index contributed by atoms with van der Waals surface area (Å²) in [5.41, 5.74) is 1.13. The van der Waals surface area contributed by atoms with Gasteiger partial charge in [-0.3, -0.25) is 4.68 Å². The molecule has 0 saturated carbocycles. The lowest BCUT2D eigenvalue weighted by atomic mass is 10.1. The highest BCUT2D eigenvalue weighted by molar-refractivity contribution is 6.31. The summed E-state index contributed by atoms with van der Waals surface area (Å²) in [6.07, 6.45) is 2.69. The van der Waals surface area contributed by atoms with E-state index in [0.29, 0.717) is 11.8 Å². The van der Waals surface area contributed by atoms with Crippen molar-refractivity contribution in [2.24, 2.45) is 18.9 Å². The molecule has 0 bridgehead atoms. The molecule has 1 atom stereocenters. The molecule has 92 valence electrons. The summed E-state index contributed by atoms with van der Waals surface area (Å²) in [5.74, 6) is 1.28. The first-order chi connectivity index (χ1) is 7.50. The van der Waals surface area contributed by atoms with Crippen molar-refractivity contribution in [1.29, 1.82) is 0 Å². The van der Waals surface area contributed by atoms with Crippen molar-refractivity contribution >= 4 is 11.6 Å². The third-order valence-electron chi connectivity index (χ3n) is 2.60. The van der Waals surface area contributed by atoms with Gasteiger partial charge in [0.25, 0.3) is 0 Å². The molecule has 1 heterocycles. The Kier molecular flexibility index (Phi) is 5.29. The second-order valence-corrected chi connectivity index (χ2v) is 5.33. The lowest BCUT2D eigenvalue weighted by Gasteiger charge is -2.14. The largest absolute Gasteiger partial charge is 0.316 e. The van der Waals surface area contributed by atoms with Crippen LogP contribution in [0.1, 0.15) is 26.5 Å². The molecule has 1 aromatic heterocycles. The number of halogens is 1. The fraction of sp³-hybridized carbons (Fsp3) is 0.750. The van der Waals surface area contributed by atoms with Gasteiger partial charge < -0.3 is 5.32 Å². The topological polar surface area (TPSA) is 29.9 Å². The van der Waals surface area contributed by atoms with Gasteiger partial charge in [0.05, 0.1) is 16.9 Å². The second-order valence-electron chi connectivity index (χ2n) is 4.92. The maximum Gasteiger partial charge on any atom is 0.0817 e. The summed E-state index contributed by atoms with van der Waals surface area (Å²) < 4.78 is 1.86. The normalized spacial score (nSPS) is 13.4. The van der Waals surface area contributed by atoms with Crippen LogP contribution in [0.5, 0.6) is 0 Å². The van der Waals surface area contributed by atoms with E-state index in [1.54, 1.807) is 6.20 Å². The van der Waals surface area contributed by atoms with Crippen molar-refractivity contribution in [3.63, 3.8) is 0 Å². The van der Waals surface area contributed by atoms with Crippen LogP contribution < -0.4 is 5.32 Å². The Balaban J connectivity index is 2.37. The Bertz CT molecular complexity index is 301. The lowest BCUT2D eigenvalue weighted by molar-refractivity contribution is 0.464. The molecule has 1 rings (SSSR count). The monoisotopic (exact) mass is 243 g/mol. The summed E-state index contributed by atoms with van der Waals surface area (Å²) in [5, 5.41) is 8.38. The smallest absolute Gasteiger partial charge is 0.0817 e. The molecule has 0 spiro atoms. The van der Waals surface area contributed by atoms with Gasteiger partial charge in [0, 0.05) is 7.05 Å². The van der Waals surface area contributed by atoms with Crippen LogP contribution in [0.25, 0.3) is 0 Å². The Hall–Kier alpha value is -0.540. The maximum absolute atomic E-state index is 6.07. The van der Waals surface area contributed by atoms with Crippen molar-refractivity contribution in [1.82, 2.24) is 15.1 Å². The van der Waals surface area contributed by atoms with Gasteiger partial charge in [0.1, 0.15) is 0 Å². The summed E-state index contributed by atoms with van der Waals surface area (Å²) >= 11 is 6.07. The highest BCUT2D eigenvalue weighted by Crippen LogP contribution is 2.17. The first kappa shape index (κ1) is 13.5. The number of nitrogens with zero attached hydrogens (tertiary/aromatic N) is 2. The van der Waals surface area contributed by atoms with Crippen LogP contribution in [0.15, 0.2) is 6.20 Å². The predicted octanol–water partition coefficient (Wildman–Crippen LogP) is 2.50. The van der Waals surface area contributed by atoms with Crippen LogP contribution in [0.4, 0.5) is 0 Å². The number of nitrogens with one attached hydrogen (secondary N) is 1. The van der Waals surface area contributed by atoms with Crippen LogP contribution in [0, 0.1) is 11.8 Å². The van der Waals surface area contributed by atoms with Gasteiger partial charge in [-0.05, 0) is 31.3 Å². The van der Waals surface area contributed by atoms with E-state index in [-0.39, 0.29) is 0 Å². The third kappa shape index (κ3) is 4.14. The summed E-state index contributed by atoms with van der Waals surface area (Å²) in [7, 11) is 1.94. The van der Waals surface area contributed by atoms with Crippen LogP contribution in [0.3, 0.4) is 0 Å². The minimum atomic E-state index is 0.576. The number of hydrogen-bond acceptors (Lipinski definition) is 2. The molecule has 16 heavy (non-hydrogen) atoms. The van der Waals surface area contributed by atoms with Crippen molar-refractivity contribution in [3.8, 4) is 0 Å². The molecule has 0 aliphatic rings. The zero-order valence-electron chi connectivity index (χ0n) is 10.6. The van der Waals surface area contributed by atoms with Crippen molar-refractivity contribution in [3.05, 3.63) is 16.9 Å². The average molecular weight is 244 g/mol. The molecule has 1 N–H and O–H groups in total. The Labute approximate surface area is 103 Å². The van der Waals surface area contributed by atoms with Gasteiger partial charge in [-0.25, -0.2) is 0 Å². The Morgan fingerprint density at radius 2 is 2.06 bits per heavy atom. The maximum atomic E-state index is 6.07. The van der Waals surface area contributed by atoms with E-state index in [9.17, 15) is 0 Å². The average Bonchev–Trinajstić information content (AvgIpc) is 2.49. The van der Waals surface area contributed by atoms with E-state index in [1.165, 1.54) is 0 Å². The predicted molar refractivity (Wildman–Crippen MR) is 68.8 cm³/mol. The van der Waals surface area contributed by atoms with Crippen molar-refractivity contribution < 1.29 is 0 Å². The number of rotatable bonds is 6. The van der Waals surface area contributed by atoms with Crippen LogP contribution in [-0.4, -0.2) is 22.9 Å². The quantitative estimate of drug-likeness (QED) is 0.832. The Morgan fingerprint density at radius 3 is 2.56 bits per heavy atom. The fourth-order valence-corrected chi connectivity index (χ4v) is 1.93. The highest BCUT2D eigenvalue weighted by Gasteiger charge is 2.10. The molecule has 4 heteroatoms. The van der Waals surface area contributed by atoms with Crippen molar-refractivity contribution in [2.45, 2.75) is 27.2 Å². The molecule has 0 amide bonds. The molecule has 0 aromatic carbocycles. The zero-order valence-corrected chi connectivity index (χ0v) is 11.4. The molecular formula is C12H22ClN3. The Morgan fingerprint density at radius 1 is 1.38 bits per heavy atom. The fourth-order valence-electron chi connectivity index (χ4n) is 1.69. The molecule has 0 saturated heterocycles. The second kappa shape index (κ2) is 6.26. The van der Waals surface area contributed by atoms with Gasteiger partial charge in [-0.1, -0.05) is 32.4 Å². The first-order valence-corrected chi connectivity index (χ1v) is 6.25. The van der Waals surface area contributed by atoms with Gasteiger partial charge in [-0.15, -0.1) is 0 Å². The van der Waals surface area contributed by atoms with Crippen LogP contribution in [-0.2, 0) is 13.5 Å². The molecule has 1 unspecified atom stereocenters. The molecule has 1 aromatic rings. The SMILES string of the molecule is CC(C)CNCC(C)Cc1c(Cl)cnn1C. The van der Waals surface area contributed by atoms with E-state index >= 15 is 0 Å². The molecule has 3 nitrogen and oxygen atoms in total. The first-order valence-electron chi connectivity index (χ1n) is 5.87. The van der Waals surface area contributed by atoms with Gasteiger partial charge in [0.2, 0.25) is 0 Å². The summed E-state index contributed by atoms with van der Waals surface area (Å²) in [6, 6.07) is 0. The highest BCUT2D eigenvalue weighted by atomic mass is 35.5.